The minimum atomic E-state index is -0.766. The van der Waals surface area contributed by atoms with Crippen LogP contribution in [0.2, 0.25) is 0 Å². The van der Waals surface area contributed by atoms with Crippen molar-refractivity contribution in [1.29, 1.82) is 0 Å². The van der Waals surface area contributed by atoms with Crippen LogP contribution >= 0.6 is 0 Å². The van der Waals surface area contributed by atoms with E-state index in [1.807, 2.05) is 41.5 Å². The highest BCUT2D eigenvalue weighted by Crippen LogP contribution is 2.33. The number of nitrogens with zero attached hydrogens (tertiary/aromatic N) is 4. The first-order valence-electron chi connectivity index (χ1n) is 14.4. The molecule has 5 N–H and O–H groups in total. The van der Waals surface area contributed by atoms with E-state index in [-0.39, 0.29) is 42.5 Å². The van der Waals surface area contributed by atoms with Gasteiger partial charge < -0.3 is 35.4 Å². The predicted octanol–water partition coefficient (Wildman–Crippen LogP) is 1.61. The SMILES string of the molecule is Cc1cc(C(C(=O)N2C[C@H](C)C[C@H]2C(N)=O)C(C)C)on1.Cc1cc(C(C(=O)N2C[C@H](O)C[C@H]2C(N)=O)C(C)C)on1. The van der Waals surface area contributed by atoms with E-state index in [0.29, 0.717) is 30.2 Å². The molecule has 42 heavy (non-hydrogen) atoms. The number of aliphatic hydroxyl groups is 1. The number of carbonyl (C=O) groups is 4. The second-order valence-corrected chi connectivity index (χ2v) is 12.2. The summed E-state index contributed by atoms with van der Waals surface area (Å²) in [6.07, 6.45) is 0.0820. The van der Waals surface area contributed by atoms with Crippen LogP contribution in [0.15, 0.2) is 21.2 Å². The van der Waals surface area contributed by atoms with Crippen LogP contribution < -0.4 is 11.5 Å². The number of likely N-dealkylation sites (tertiary alicyclic amines) is 2. The summed E-state index contributed by atoms with van der Waals surface area (Å²) in [6.45, 7) is 14.0. The zero-order chi connectivity index (χ0) is 31.5. The monoisotopic (exact) mass is 588 g/mol. The van der Waals surface area contributed by atoms with Crippen LogP contribution in [0.5, 0.6) is 0 Å². The van der Waals surface area contributed by atoms with Gasteiger partial charge in [0.05, 0.1) is 17.5 Å². The molecule has 13 nitrogen and oxygen atoms in total. The molecule has 2 aliphatic heterocycles. The van der Waals surface area contributed by atoms with Gasteiger partial charge in [-0.3, -0.25) is 19.2 Å². The Labute approximate surface area is 245 Å². The fourth-order valence-corrected chi connectivity index (χ4v) is 5.77. The summed E-state index contributed by atoms with van der Waals surface area (Å²) in [4.78, 5) is 51.7. The summed E-state index contributed by atoms with van der Waals surface area (Å²) in [7, 11) is 0. The number of hydrogen-bond donors (Lipinski definition) is 3. The molecule has 6 atom stereocenters. The molecule has 0 radical (unpaired) electrons. The van der Waals surface area contributed by atoms with Crippen molar-refractivity contribution in [2.75, 3.05) is 13.1 Å². The van der Waals surface area contributed by atoms with E-state index < -0.39 is 41.8 Å². The molecule has 2 fully saturated rings. The Morgan fingerprint density at radius 3 is 1.57 bits per heavy atom. The van der Waals surface area contributed by atoms with Gasteiger partial charge in [0.2, 0.25) is 23.6 Å². The van der Waals surface area contributed by atoms with Gasteiger partial charge in [-0.1, -0.05) is 44.9 Å². The second kappa shape index (κ2) is 13.5. The van der Waals surface area contributed by atoms with Crippen LogP contribution in [0.3, 0.4) is 0 Å². The van der Waals surface area contributed by atoms with Crippen LogP contribution in [0, 0.1) is 31.6 Å². The first kappa shape index (κ1) is 32.8. The molecule has 0 aromatic carbocycles. The number of rotatable bonds is 8. The number of aliphatic hydroxyl groups excluding tert-OH is 1. The quantitative estimate of drug-likeness (QED) is 0.410. The highest BCUT2D eigenvalue weighted by Gasteiger charge is 2.43. The maximum absolute atomic E-state index is 12.9. The first-order chi connectivity index (χ1) is 19.6. The maximum atomic E-state index is 12.9. The number of carbonyl (C=O) groups excluding carboxylic acids is 4. The van der Waals surface area contributed by atoms with Crippen molar-refractivity contribution in [2.24, 2.45) is 29.2 Å². The number of aryl methyl sites for hydroxylation is 2. The third-order valence-corrected chi connectivity index (χ3v) is 7.78. The molecule has 0 aliphatic carbocycles. The van der Waals surface area contributed by atoms with E-state index in [9.17, 15) is 24.3 Å². The maximum Gasteiger partial charge on any atom is 0.240 e. The molecule has 4 amide bonds. The summed E-state index contributed by atoms with van der Waals surface area (Å²) in [5, 5.41) is 17.4. The molecule has 0 saturated carbocycles. The Morgan fingerprint density at radius 1 is 0.810 bits per heavy atom. The average molecular weight is 589 g/mol. The van der Waals surface area contributed by atoms with Crippen LogP contribution in [0.4, 0.5) is 0 Å². The van der Waals surface area contributed by atoms with Gasteiger partial charge in [0.1, 0.15) is 35.4 Å². The van der Waals surface area contributed by atoms with Gasteiger partial charge >= 0.3 is 0 Å². The largest absolute Gasteiger partial charge is 0.391 e. The van der Waals surface area contributed by atoms with E-state index in [1.165, 1.54) is 4.90 Å². The third kappa shape index (κ3) is 7.36. The van der Waals surface area contributed by atoms with Gasteiger partial charge in [-0.05, 0) is 38.0 Å². The topological polar surface area (TPSA) is 199 Å². The van der Waals surface area contributed by atoms with Gasteiger partial charge in [-0.15, -0.1) is 0 Å². The molecule has 2 saturated heterocycles. The molecule has 2 aromatic heterocycles. The number of nitrogens with two attached hydrogens (primary N) is 2. The van der Waals surface area contributed by atoms with Crippen molar-refractivity contribution in [3.8, 4) is 0 Å². The van der Waals surface area contributed by atoms with E-state index in [4.69, 9.17) is 20.5 Å². The summed E-state index contributed by atoms with van der Waals surface area (Å²) in [6, 6.07) is 2.21. The zero-order valence-electron chi connectivity index (χ0n) is 25.4. The molecule has 4 rings (SSSR count). The minimum absolute atomic E-state index is 0.0314. The Balaban J connectivity index is 0.000000230. The highest BCUT2D eigenvalue weighted by molar-refractivity contribution is 5.91. The number of aromatic nitrogens is 2. The van der Waals surface area contributed by atoms with Crippen molar-refractivity contribution >= 4 is 23.6 Å². The van der Waals surface area contributed by atoms with Crippen LogP contribution in [-0.2, 0) is 19.2 Å². The Kier molecular flexibility index (Phi) is 10.5. The van der Waals surface area contributed by atoms with Gasteiger partial charge in [0.15, 0.2) is 0 Å². The van der Waals surface area contributed by atoms with Gasteiger partial charge in [0, 0.05) is 31.6 Å². The zero-order valence-corrected chi connectivity index (χ0v) is 25.4. The Hall–Kier alpha value is -3.74. The third-order valence-electron chi connectivity index (χ3n) is 7.78. The van der Waals surface area contributed by atoms with Gasteiger partial charge in [-0.2, -0.15) is 0 Å². The second-order valence-electron chi connectivity index (χ2n) is 12.2. The molecule has 2 aromatic rings. The van der Waals surface area contributed by atoms with Crippen LogP contribution in [0.25, 0.3) is 0 Å². The number of primary amides is 2. The fourth-order valence-electron chi connectivity index (χ4n) is 5.77. The Bertz CT molecular complexity index is 1170. The summed E-state index contributed by atoms with van der Waals surface area (Å²) in [5.74, 6) is -1.07. The standard InChI is InChI=1S/C15H23N3O3.C14H21N3O4/c1-8(2)13(12-6-10(4)17-21-12)15(20)18-7-9(3)5-11(18)14(16)19;1-7(2)12(11-4-8(3)16-21-11)14(20)17-6-9(18)5-10(17)13(15)19/h6,8-9,11,13H,5,7H2,1-4H3,(H2,16,19);4,7,9-10,12,18H,5-6H2,1-3H3,(H2,15,19)/t9-,11+,13?;9-,10+,12?/m11/s1. The number of amides is 4. The summed E-state index contributed by atoms with van der Waals surface area (Å²) < 4.78 is 10.5. The minimum Gasteiger partial charge on any atom is -0.391 e. The average Bonchev–Trinajstić information content (AvgIpc) is 3.67. The molecule has 232 valence electrons. The molecule has 4 heterocycles. The van der Waals surface area contributed by atoms with Crippen molar-refractivity contribution in [1.82, 2.24) is 20.1 Å². The predicted molar refractivity (Wildman–Crippen MR) is 151 cm³/mol. The van der Waals surface area contributed by atoms with Crippen molar-refractivity contribution in [2.45, 2.75) is 91.3 Å². The number of hydrogen-bond acceptors (Lipinski definition) is 9. The van der Waals surface area contributed by atoms with Crippen LogP contribution in [0.1, 0.15) is 82.2 Å². The molecule has 2 aliphatic rings. The van der Waals surface area contributed by atoms with E-state index in [0.717, 1.165) is 5.69 Å². The van der Waals surface area contributed by atoms with Gasteiger partial charge in [-0.25, -0.2) is 0 Å². The lowest BCUT2D eigenvalue weighted by molar-refractivity contribution is -0.140. The highest BCUT2D eigenvalue weighted by atomic mass is 16.5. The molecule has 2 unspecified atom stereocenters. The lowest BCUT2D eigenvalue weighted by Crippen LogP contribution is -2.46. The molecule has 0 bridgehead atoms. The Morgan fingerprint density at radius 2 is 1.21 bits per heavy atom. The lowest BCUT2D eigenvalue weighted by Gasteiger charge is -2.27. The fraction of sp³-hybridized carbons (Fsp3) is 0.655. The van der Waals surface area contributed by atoms with Crippen molar-refractivity contribution in [3.63, 3.8) is 0 Å². The normalized spacial score (nSPS) is 23.6. The van der Waals surface area contributed by atoms with E-state index in [2.05, 4.69) is 10.3 Å². The van der Waals surface area contributed by atoms with Crippen molar-refractivity contribution in [3.05, 3.63) is 35.0 Å². The molecule has 13 heteroatoms. The first-order valence-corrected chi connectivity index (χ1v) is 14.4. The molecular formula is C29H44N6O7. The smallest absolute Gasteiger partial charge is 0.240 e. The molecular weight excluding hydrogens is 544 g/mol. The van der Waals surface area contributed by atoms with Gasteiger partial charge in [0.25, 0.3) is 0 Å². The number of β-amino-alcohol motifs (C(OH)–C–C–N with tert-alkyl or cyclic N) is 1. The van der Waals surface area contributed by atoms with E-state index >= 15 is 0 Å². The van der Waals surface area contributed by atoms with Crippen LogP contribution in [-0.4, -0.2) is 80.1 Å². The molecule has 0 spiro atoms. The lowest BCUT2D eigenvalue weighted by atomic mass is 9.91. The summed E-state index contributed by atoms with van der Waals surface area (Å²) >= 11 is 0. The summed E-state index contributed by atoms with van der Waals surface area (Å²) in [5.41, 5.74) is 12.2. The van der Waals surface area contributed by atoms with E-state index in [1.54, 1.807) is 24.0 Å². The van der Waals surface area contributed by atoms with Crippen molar-refractivity contribution < 1.29 is 33.3 Å².